The topological polar surface area (TPSA) is 49.8 Å². The second-order valence-corrected chi connectivity index (χ2v) is 6.62. The molecule has 21 heavy (non-hydrogen) atoms. The molecule has 0 bridgehead atoms. The number of hydrogen-bond donors (Lipinski definition) is 2. The minimum atomic E-state index is -4.20. The highest BCUT2D eigenvalue weighted by Crippen LogP contribution is 2.29. The summed E-state index contributed by atoms with van der Waals surface area (Å²) in [6.07, 6.45) is 0. The van der Waals surface area contributed by atoms with Gasteiger partial charge in [0.1, 0.15) is 17.5 Å². The molecule has 1 aromatic rings. The summed E-state index contributed by atoms with van der Waals surface area (Å²) in [6, 6.07) is 1.71. The maximum Gasteiger partial charge on any atom is 0.441 e. The highest BCUT2D eigenvalue weighted by Gasteiger charge is 2.27. The van der Waals surface area contributed by atoms with E-state index in [1.54, 1.807) is 6.07 Å². The van der Waals surface area contributed by atoms with E-state index in [2.05, 4.69) is 20.6 Å². The van der Waals surface area contributed by atoms with Crippen molar-refractivity contribution in [1.29, 1.82) is 0 Å². The van der Waals surface area contributed by atoms with Gasteiger partial charge in [0.05, 0.1) is 0 Å². The molecule has 0 spiro atoms. The van der Waals surface area contributed by atoms with Crippen LogP contribution in [0.25, 0.3) is 0 Å². The molecule has 0 aromatic carbocycles. The van der Waals surface area contributed by atoms with Crippen molar-refractivity contribution in [2.75, 3.05) is 29.5 Å². The van der Waals surface area contributed by atoms with Gasteiger partial charge in [0, 0.05) is 30.3 Å². The maximum atomic E-state index is 12.1. The summed E-state index contributed by atoms with van der Waals surface area (Å²) in [5.74, 6) is 1.79. The quantitative estimate of drug-likeness (QED) is 0.779. The number of halogens is 3. The number of anilines is 2. The van der Waals surface area contributed by atoms with Gasteiger partial charge in [0.15, 0.2) is 0 Å². The van der Waals surface area contributed by atoms with Gasteiger partial charge in [0.25, 0.3) is 0 Å². The second-order valence-electron chi connectivity index (χ2n) is 5.46. The molecule has 0 atom stereocenters. The van der Waals surface area contributed by atoms with Crippen molar-refractivity contribution in [1.82, 2.24) is 9.97 Å². The minimum absolute atomic E-state index is 0.0445. The predicted octanol–water partition coefficient (Wildman–Crippen LogP) is 3.87. The Bertz CT molecular complexity index is 458. The molecule has 0 amide bonds. The molecule has 0 aliphatic rings. The molecule has 1 aromatic heterocycles. The third kappa shape index (κ3) is 6.88. The van der Waals surface area contributed by atoms with E-state index >= 15 is 0 Å². The lowest BCUT2D eigenvalue weighted by atomic mass is 9.96. The van der Waals surface area contributed by atoms with Gasteiger partial charge < -0.3 is 10.6 Å². The fourth-order valence-corrected chi connectivity index (χ4v) is 1.93. The molecule has 1 rings (SSSR count). The average molecular weight is 322 g/mol. The van der Waals surface area contributed by atoms with Gasteiger partial charge in [-0.05, 0) is 18.7 Å². The molecular formula is C13H21F3N4S. The van der Waals surface area contributed by atoms with Crippen LogP contribution in [-0.4, -0.2) is 34.3 Å². The lowest BCUT2D eigenvalue weighted by molar-refractivity contribution is -0.0327. The van der Waals surface area contributed by atoms with Gasteiger partial charge in [-0.3, -0.25) is 0 Å². The first-order chi connectivity index (χ1) is 9.62. The lowest BCUT2D eigenvalue weighted by Crippen LogP contribution is -2.19. The number of thioether (sulfide) groups is 1. The first-order valence-corrected chi connectivity index (χ1v) is 7.68. The van der Waals surface area contributed by atoms with Gasteiger partial charge in [-0.15, -0.1) is 0 Å². The molecule has 120 valence electrons. The van der Waals surface area contributed by atoms with Gasteiger partial charge in [-0.25, -0.2) is 9.97 Å². The number of alkyl halides is 3. The molecule has 0 radical (unpaired) electrons. The highest BCUT2D eigenvalue weighted by molar-refractivity contribution is 8.00. The fourth-order valence-electron chi connectivity index (χ4n) is 1.49. The predicted molar refractivity (Wildman–Crippen MR) is 81.9 cm³/mol. The number of hydrogen-bond acceptors (Lipinski definition) is 5. The van der Waals surface area contributed by atoms with Gasteiger partial charge in [0.2, 0.25) is 0 Å². The van der Waals surface area contributed by atoms with Gasteiger partial charge in [-0.2, -0.15) is 13.2 Å². The molecule has 0 saturated heterocycles. The Hall–Kier alpha value is -1.18. The van der Waals surface area contributed by atoms with E-state index < -0.39 is 5.51 Å². The van der Waals surface area contributed by atoms with Crippen molar-refractivity contribution in [3.05, 3.63) is 11.9 Å². The van der Waals surface area contributed by atoms with E-state index in [4.69, 9.17) is 0 Å². The lowest BCUT2D eigenvalue weighted by Gasteiger charge is -2.19. The van der Waals surface area contributed by atoms with Crippen LogP contribution < -0.4 is 10.6 Å². The smallest absolute Gasteiger partial charge is 0.370 e. The second kappa shape index (κ2) is 7.20. The number of aromatic nitrogens is 2. The Kier molecular flexibility index (Phi) is 6.12. The monoisotopic (exact) mass is 322 g/mol. The van der Waals surface area contributed by atoms with Crippen LogP contribution in [0.5, 0.6) is 0 Å². The Morgan fingerprint density at radius 3 is 2.14 bits per heavy atom. The van der Waals surface area contributed by atoms with E-state index in [1.165, 1.54) is 0 Å². The van der Waals surface area contributed by atoms with Crippen molar-refractivity contribution in [2.24, 2.45) is 0 Å². The van der Waals surface area contributed by atoms with Crippen molar-refractivity contribution < 1.29 is 13.2 Å². The summed E-state index contributed by atoms with van der Waals surface area (Å²) in [4.78, 5) is 8.78. The van der Waals surface area contributed by atoms with E-state index in [0.717, 1.165) is 0 Å². The molecular weight excluding hydrogens is 301 g/mol. The van der Waals surface area contributed by atoms with Crippen LogP contribution in [-0.2, 0) is 5.41 Å². The number of rotatable bonds is 6. The zero-order valence-electron chi connectivity index (χ0n) is 12.6. The zero-order chi connectivity index (χ0) is 16.1. The fraction of sp³-hybridized carbons (Fsp3) is 0.692. The van der Waals surface area contributed by atoms with Crippen LogP contribution in [0.3, 0.4) is 0 Å². The standard InChI is InChI=1S/C13H21F3N4S/c1-5-17-9-8-10(18-6-7-21-13(14,15)16)20-11(19-9)12(2,3)4/h8H,5-7H2,1-4H3,(H2,17,18,19,20). The summed E-state index contributed by atoms with van der Waals surface area (Å²) in [6.45, 7) is 8.82. The van der Waals surface area contributed by atoms with Crippen LogP contribution >= 0.6 is 11.8 Å². The van der Waals surface area contributed by atoms with Crippen LogP contribution in [0.4, 0.5) is 24.8 Å². The molecule has 8 heteroatoms. The summed E-state index contributed by atoms with van der Waals surface area (Å²) in [5, 5.41) is 6.02. The molecule has 1 heterocycles. The first-order valence-electron chi connectivity index (χ1n) is 6.70. The highest BCUT2D eigenvalue weighted by atomic mass is 32.2. The summed E-state index contributed by atoms with van der Waals surface area (Å²) in [7, 11) is 0. The Morgan fingerprint density at radius 2 is 1.67 bits per heavy atom. The Balaban J connectivity index is 2.74. The summed E-state index contributed by atoms with van der Waals surface area (Å²) >= 11 is -0.0445. The SMILES string of the molecule is CCNc1cc(NCCSC(F)(F)F)nc(C(C)(C)C)n1. The molecule has 0 aliphatic carbocycles. The van der Waals surface area contributed by atoms with Gasteiger partial charge >= 0.3 is 5.51 Å². The zero-order valence-corrected chi connectivity index (χ0v) is 13.5. The largest absolute Gasteiger partial charge is 0.441 e. The Labute approximate surface area is 127 Å². The van der Waals surface area contributed by atoms with Crippen LogP contribution in [0.2, 0.25) is 0 Å². The van der Waals surface area contributed by atoms with E-state index in [0.29, 0.717) is 24.0 Å². The van der Waals surface area contributed by atoms with Crippen molar-refractivity contribution >= 4 is 23.4 Å². The maximum absolute atomic E-state index is 12.1. The Morgan fingerprint density at radius 1 is 1.10 bits per heavy atom. The van der Waals surface area contributed by atoms with Gasteiger partial charge in [-0.1, -0.05) is 20.8 Å². The van der Waals surface area contributed by atoms with E-state index in [1.807, 2.05) is 27.7 Å². The van der Waals surface area contributed by atoms with Crippen molar-refractivity contribution in [2.45, 2.75) is 38.6 Å². The van der Waals surface area contributed by atoms with Crippen LogP contribution in [0.1, 0.15) is 33.5 Å². The third-order valence-electron chi connectivity index (χ3n) is 2.43. The number of nitrogens with zero attached hydrogens (tertiary/aromatic N) is 2. The summed E-state index contributed by atoms with van der Waals surface area (Å²) < 4.78 is 36.2. The molecule has 4 nitrogen and oxygen atoms in total. The normalized spacial score (nSPS) is 12.3. The molecule has 2 N–H and O–H groups in total. The molecule has 0 fully saturated rings. The molecule has 0 unspecified atom stereocenters. The first kappa shape index (κ1) is 17.9. The third-order valence-corrected chi connectivity index (χ3v) is 3.16. The van der Waals surface area contributed by atoms with Crippen molar-refractivity contribution in [3.8, 4) is 0 Å². The average Bonchev–Trinajstić information content (AvgIpc) is 2.33. The van der Waals surface area contributed by atoms with Crippen molar-refractivity contribution in [3.63, 3.8) is 0 Å². The molecule has 0 saturated carbocycles. The summed E-state index contributed by atoms with van der Waals surface area (Å²) in [5.41, 5.74) is -4.43. The number of nitrogens with one attached hydrogen (secondary N) is 2. The van der Waals surface area contributed by atoms with E-state index in [-0.39, 0.29) is 29.5 Å². The minimum Gasteiger partial charge on any atom is -0.370 e. The molecule has 0 aliphatic heterocycles. The van der Waals surface area contributed by atoms with Crippen LogP contribution in [0, 0.1) is 0 Å². The van der Waals surface area contributed by atoms with E-state index in [9.17, 15) is 13.2 Å². The van der Waals surface area contributed by atoms with Crippen LogP contribution in [0.15, 0.2) is 6.07 Å².